The number of aromatic nitrogens is 1. The zero-order valence-electron chi connectivity index (χ0n) is 11.4. The third-order valence-corrected chi connectivity index (χ3v) is 4.38. The van der Waals surface area contributed by atoms with Gasteiger partial charge in [-0.2, -0.15) is 0 Å². The molecular formula is C16H17N3S. The van der Waals surface area contributed by atoms with Gasteiger partial charge in [-0.05, 0) is 36.1 Å². The number of thiophene rings is 1. The second-order valence-electron chi connectivity index (χ2n) is 4.85. The van der Waals surface area contributed by atoms with Crippen molar-refractivity contribution in [1.29, 1.82) is 0 Å². The van der Waals surface area contributed by atoms with Gasteiger partial charge < -0.3 is 11.1 Å². The number of nitrogen functional groups attached to an aromatic ring is 1. The molecule has 2 heterocycles. The summed E-state index contributed by atoms with van der Waals surface area (Å²) in [6, 6.07) is 12.1. The largest absolute Gasteiger partial charge is 0.398 e. The molecule has 0 radical (unpaired) electrons. The van der Waals surface area contributed by atoms with Crippen molar-refractivity contribution >= 4 is 27.9 Å². The number of nitrogens with zero attached hydrogens (tertiary/aromatic N) is 1. The van der Waals surface area contributed by atoms with Crippen molar-refractivity contribution in [3.05, 3.63) is 57.9 Å². The lowest BCUT2D eigenvalue weighted by Crippen LogP contribution is -2.13. The fraction of sp³-hybridized carbons (Fsp3) is 0.188. The molecule has 102 valence electrons. The number of aryl methyl sites for hydroxylation is 1. The summed E-state index contributed by atoms with van der Waals surface area (Å²) in [5.74, 6) is 0. The molecule has 0 aliphatic heterocycles. The van der Waals surface area contributed by atoms with E-state index in [0.29, 0.717) is 0 Å². The molecule has 0 unspecified atom stereocenters. The molecule has 1 aromatic carbocycles. The Morgan fingerprint density at radius 3 is 2.85 bits per heavy atom. The van der Waals surface area contributed by atoms with E-state index in [0.717, 1.165) is 35.4 Å². The van der Waals surface area contributed by atoms with Crippen LogP contribution in [-0.2, 0) is 13.1 Å². The van der Waals surface area contributed by atoms with Gasteiger partial charge in [0.1, 0.15) is 0 Å². The maximum atomic E-state index is 6.08. The van der Waals surface area contributed by atoms with Crippen molar-refractivity contribution in [2.45, 2.75) is 20.0 Å². The molecule has 0 atom stereocenters. The summed E-state index contributed by atoms with van der Waals surface area (Å²) in [4.78, 5) is 6.01. The minimum absolute atomic E-state index is 0.729. The van der Waals surface area contributed by atoms with E-state index in [4.69, 9.17) is 5.73 Å². The van der Waals surface area contributed by atoms with Gasteiger partial charge in [-0.1, -0.05) is 18.2 Å². The highest BCUT2D eigenvalue weighted by Crippen LogP contribution is 2.20. The zero-order valence-corrected chi connectivity index (χ0v) is 12.2. The Balaban J connectivity index is 1.73. The number of hydrogen-bond acceptors (Lipinski definition) is 4. The fourth-order valence-electron chi connectivity index (χ4n) is 2.24. The molecule has 0 spiro atoms. The Labute approximate surface area is 122 Å². The van der Waals surface area contributed by atoms with Crippen LogP contribution in [0.15, 0.2) is 41.8 Å². The smallest absolute Gasteiger partial charge is 0.0726 e. The summed E-state index contributed by atoms with van der Waals surface area (Å²) in [5.41, 5.74) is 10.2. The number of anilines is 1. The molecule has 0 fully saturated rings. The van der Waals surface area contributed by atoms with Crippen molar-refractivity contribution in [3.63, 3.8) is 0 Å². The molecule has 20 heavy (non-hydrogen) atoms. The van der Waals surface area contributed by atoms with E-state index in [-0.39, 0.29) is 0 Å². The molecular weight excluding hydrogens is 266 g/mol. The minimum Gasteiger partial charge on any atom is -0.398 e. The van der Waals surface area contributed by atoms with E-state index < -0.39 is 0 Å². The summed E-state index contributed by atoms with van der Waals surface area (Å²) in [6.45, 7) is 3.74. The number of fused-ring (bicyclic) bond motifs is 1. The van der Waals surface area contributed by atoms with Gasteiger partial charge in [0, 0.05) is 29.0 Å². The van der Waals surface area contributed by atoms with Crippen LogP contribution in [0.3, 0.4) is 0 Å². The first kappa shape index (κ1) is 13.1. The van der Waals surface area contributed by atoms with Crippen LogP contribution >= 0.6 is 11.3 Å². The van der Waals surface area contributed by atoms with Crippen LogP contribution in [0.25, 0.3) is 10.9 Å². The standard InChI is InChI=1S/C16H17N3S/c1-11-6-7-20-16(11)10-18-9-12-8-14(17)13-4-2-3-5-15(13)19-12/h2-8,18H,9-10H2,1H3,(H2,17,19). The number of rotatable bonds is 4. The average molecular weight is 283 g/mol. The topological polar surface area (TPSA) is 50.9 Å². The van der Waals surface area contributed by atoms with Crippen LogP contribution in [0.4, 0.5) is 5.69 Å². The van der Waals surface area contributed by atoms with Gasteiger partial charge in [0.25, 0.3) is 0 Å². The number of pyridine rings is 1. The van der Waals surface area contributed by atoms with E-state index in [2.05, 4.69) is 28.7 Å². The molecule has 3 N–H and O–H groups in total. The van der Waals surface area contributed by atoms with Gasteiger partial charge >= 0.3 is 0 Å². The molecule has 0 aliphatic carbocycles. The molecule has 4 heteroatoms. The highest BCUT2D eigenvalue weighted by Gasteiger charge is 2.04. The van der Waals surface area contributed by atoms with E-state index in [1.807, 2.05) is 30.3 Å². The number of hydrogen-bond donors (Lipinski definition) is 2. The summed E-state index contributed by atoms with van der Waals surface area (Å²) in [7, 11) is 0. The lowest BCUT2D eigenvalue weighted by molar-refractivity contribution is 0.687. The van der Waals surface area contributed by atoms with Gasteiger partial charge in [-0.25, -0.2) is 0 Å². The Bertz CT molecular complexity index is 733. The molecule has 3 rings (SSSR count). The molecule has 3 nitrogen and oxygen atoms in total. The molecule has 0 amide bonds. The highest BCUT2D eigenvalue weighted by molar-refractivity contribution is 7.10. The van der Waals surface area contributed by atoms with E-state index in [1.165, 1.54) is 10.4 Å². The SMILES string of the molecule is Cc1ccsc1CNCc1cc(N)c2ccccc2n1. The second kappa shape index (κ2) is 5.61. The average Bonchev–Trinajstić information content (AvgIpc) is 2.85. The number of benzene rings is 1. The quantitative estimate of drug-likeness (QED) is 0.770. The van der Waals surface area contributed by atoms with Gasteiger partial charge in [0.2, 0.25) is 0 Å². The minimum atomic E-state index is 0.729. The van der Waals surface area contributed by atoms with Crippen LogP contribution in [0.5, 0.6) is 0 Å². The van der Waals surface area contributed by atoms with Gasteiger partial charge in [0.05, 0.1) is 11.2 Å². The molecule has 2 aromatic heterocycles. The van der Waals surface area contributed by atoms with E-state index in [9.17, 15) is 0 Å². The third-order valence-electron chi connectivity index (χ3n) is 3.36. The molecule has 0 aliphatic rings. The van der Waals surface area contributed by atoms with Crippen molar-refractivity contribution < 1.29 is 0 Å². The number of nitrogens with one attached hydrogen (secondary N) is 1. The maximum Gasteiger partial charge on any atom is 0.0726 e. The first-order valence-electron chi connectivity index (χ1n) is 6.62. The first-order valence-corrected chi connectivity index (χ1v) is 7.50. The van der Waals surface area contributed by atoms with E-state index >= 15 is 0 Å². The zero-order chi connectivity index (χ0) is 13.9. The predicted octanol–water partition coefficient (Wildman–Crippen LogP) is 3.48. The number of nitrogens with two attached hydrogens (primary N) is 1. The Morgan fingerprint density at radius 2 is 2.05 bits per heavy atom. The summed E-state index contributed by atoms with van der Waals surface area (Å²) >= 11 is 1.78. The second-order valence-corrected chi connectivity index (χ2v) is 5.85. The summed E-state index contributed by atoms with van der Waals surface area (Å²) in [6.07, 6.45) is 0. The van der Waals surface area contributed by atoms with Crippen LogP contribution in [0.1, 0.15) is 16.1 Å². The highest BCUT2D eigenvalue weighted by atomic mass is 32.1. The normalized spacial score (nSPS) is 11.1. The van der Waals surface area contributed by atoms with E-state index in [1.54, 1.807) is 11.3 Å². The first-order chi connectivity index (χ1) is 9.74. The van der Waals surface area contributed by atoms with Crippen LogP contribution in [0, 0.1) is 6.92 Å². The predicted molar refractivity (Wildman–Crippen MR) is 85.8 cm³/mol. The fourth-order valence-corrected chi connectivity index (χ4v) is 3.12. The Hall–Kier alpha value is -1.91. The van der Waals surface area contributed by atoms with Crippen molar-refractivity contribution in [2.75, 3.05) is 5.73 Å². The van der Waals surface area contributed by atoms with Gasteiger partial charge in [0.15, 0.2) is 0 Å². The summed E-state index contributed by atoms with van der Waals surface area (Å²) < 4.78 is 0. The lowest BCUT2D eigenvalue weighted by Gasteiger charge is -2.07. The van der Waals surface area contributed by atoms with Crippen LogP contribution in [0.2, 0.25) is 0 Å². The third kappa shape index (κ3) is 2.66. The van der Waals surface area contributed by atoms with Crippen molar-refractivity contribution in [2.24, 2.45) is 0 Å². The lowest BCUT2D eigenvalue weighted by atomic mass is 10.1. The maximum absolute atomic E-state index is 6.08. The van der Waals surface area contributed by atoms with Crippen molar-refractivity contribution in [3.8, 4) is 0 Å². The number of para-hydroxylation sites is 1. The van der Waals surface area contributed by atoms with Crippen LogP contribution < -0.4 is 11.1 Å². The Morgan fingerprint density at radius 1 is 1.20 bits per heavy atom. The molecule has 0 saturated carbocycles. The van der Waals surface area contributed by atoms with Gasteiger partial charge in [-0.3, -0.25) is 4.98 Å². The summed E-state index contributed by atoms with van der Waals surface area (Å²) in [5, 5.41) is 6.57. The monoisotopic (exact) mass is 283 g/mol. The van der Waals surface area contributed by atoms with Gasteiger partial charge in [-0.15, -0.1) is 11.3 Å². The molecule has 3 aromatic rings. The molecule has 0 bridgehead atoms. The van der Waals surface area contributed by atoms with Crippen molar-refractivity contribution in [1.82, 2.24) is 10.3 Å². The molecule has 0 saturated heterocycles. The van der Waals surface area contributed by atoms with Crippen LogP contribution in [-0.4, -0.2) is 4.98 Å². The Kier molecular flexibility index (Phi) is 3.67.